The molecule has 0 aliphatic heterocycles. The van der Waals surface area contributed by atoms with Crippen LogP contribution in [0.5, 0.6) is 11.5 Å². The van der Waals surface area contributed by atoms with Gasteiger partial charge in [0, 0.05) is 6.54 Å². The predicted molar refractivity (Wildman–Crippen MR) is 133 cm³/mol. The highest BCUT2D eigenvalue weighted by molar-refractivity contribution is 5.43. The van der Waals surface area contributed by atoms with Gasteiger partial charge >= 0.3 is 0 Å². The third kappa shape index (κ3) is 7.84. The van der Waals surface area contributed by atoms with Gasteiger partial charge in [-0.2, -0.15) is 0 Å². The summed E-state index contributed by atoms with van der Waals surface area (Å²) < 4.78 is 38.5. The normalized spacial score (nSPS) is 13.8. The predicted octanol–water partition coefficient (Wildman–Crippen LogP) is 7.43. The van der Waals surface area contributed by atoms with Crippen molar-refractivity contribution in [2.75, 3.05) is 6.54 Å². The summed E-state index contributed by atoms with van der Waals surface area (Å²) in [6, 6.07) is 18.5. The van der Waals surface area contributed by atoms with E-state index in [9.17, 15) is 8.78 Å². The topological polar surface area (TPSA) is 30.5 Å². The number of benzene rings is 3. The Morgan fingerprint density at radius 3 is 1.79 bits per heavy atom. The zero-order chi connectivity index (χ0) is 22.9. The van der Waals surface area contributed by atoms with Crippen LogP contribution in [0.15, 0.2) is 66.7 Å². The number of rotatable bonds is 10. The van der Waals surface area contributed by atoms with Crippen molar-refractivity contribution < 1.29 is 18.3 Å². The SMILES string of the molecule is C.Fc1ccc(COc2ccc(CNCC3CCCCC3)cc2OCc2ccc(F)cc2)cc1. The molecule has 0 radical (unpaired) electrons. The molecule has 1 N–H and O–H groups in total. The molecule has 0 unspecified atom stereocenters. The number of halogens is 2. The maximum atomic E-state index is 13.2. The molecule has 0 heterocycles. The number of hydrogen-bond acceptors (Lipinski definition) is 3. The van der Waals surface area contributed by atoms with Crippen molar-refractivity contribution in [3.63, 3.8) is 0 Å². The Balaban J connectivity index is 0.00000324. The van der Waals surface area contributed by atoms with E-state index in [4.69, 9.17) is 9.47 Å². The highest BCUT2D eigenvalue weighted by atomic mass is 19.1. The van der Waals surface area contributed by atoms with Gasteiger partial charge in [-0.25, -0.2) is 8.78 Å². The van der Waals surface area contributed by atoms with Gasteiger partial charge in [-0.05, 0) is 78.4 Å². The summed E-state index contributed by atoms with van der Waals surface area (Å²) in [7, 11) is 0. The summed E-state index contributed by atoms with van der Waals surface area (Å²) in [6.45, 7) is 2.43. The Bertz CT molecular complexity index is 1000. The number of hydrogen-bond donors (Lipinski definition) is 1. The first kappa shape index (κ1) is 25.7. The zero-order valence-electron chi connectivity index (χ0n) is 18.9. The van der Waals surface area contributed by atoms with E-state index >= 15 is 0 Å². The molecule has 0 aromatic heterocycles. The van der Waals surface area contributed by atoms with Gasteiger partial charge in [-0.1, -0.05) is 57.0 Å². The molecule has 0 bridgehead atoms. The molecule has 182 valence electrons. The average molecular weight is 468 g/mol. The Morgan fingerprint density at radius 1 is 0.676 bits per heavy atom. The lowest BCUT2D eigenvalue weighted by molar-refractivity contribution is 0.255. The van der Waals surface area contributed by atoms with Crippen LogP contribution in [0.25, 0.3) is 0 Å². The van der Waals surface area contributed by atoms with Gasteiger partial charge in [-0.3, -0.25) is 0 Å². The van der Waals surface area contributed by atoms with Crippen molar-refractivity contribution in [3.05, 3.63) is 95.1 Å². The van der Waals surface area contributed by atoms with Gasteiger partial charge in [0.2, 0.25) is 0 Å². The van der Waals surface area contributed by atoms with Crippen molar-refractivity contribution >= 4 is 0 Å². The van der Waals surface area contributed by atoms with Crippen LogP contribution in [0.4, 0.5) is 8.78 Å². The molecule has 3 nitrogen and oxygen atoms in total. The second-order valence-electron chi connectivity index (χ2n) is 8.75. The fourth-order valence-corrected chi connectivity index (χ4v) is 4.19. The molecule has 3 aromatic carbocycles. The van der Waals surface area contributed by atoms with Crippen molar-refractivity contribution in [2.45, 2.75) is 59.3 Å². The maximum absolute atomic E-state index is 13.2. The first-order valence-electron chi connectivity index (χ1n) is 11.7. The minimum Gasteiger partial charge on any atom is -0.485 e. The van der Waals surface area contributed by atoms with E-state index in [1.54, 1.807) is 24.3 Å². The van der Waals surface area contributed by atoms with Gasteiger partial charge in [-0.15, -0.1) is 0 Å². The van der Waals surface area contributed by atoms with Gasteiger partial charge in [0.05, 0.1) is 0 Å². The second-order valence-corrected chi connectivity index (χ2v) is 8.75. The minimum absolute atomic E-state index is 0. The summed E-state index contributed by atoms with van der Waals surface area (Å²) in [6.07, 6.45) is 6.68. The number of ether oxygens (including phenoxy) is 2. The first-order valence-corrected chi connectivity index (χ1v) is 11.7. The standard InChI is InChI=1S/C28H31F2NO2.CH4/c29-25-11-6-22(7-12-25)19-32-27-15-10-24(18-31-17-21-4-2-1-3-5-21)16-28(27)33-20-23-8-13-26(30)14-9-23;/h6-16,21,31H,1-5,17-20H2;1H4. The first-order chi connectivity index (χ1) is 16.2. The molecule has 34 heavy (non-hydrogen) atoms. The largest absolute Gasteiger partial charge is 0.485 e. The van der Waals surface area contributed by atoms with E-state index < -0.39 is 0 Å². The lowest BCUT2D eigenvalue weighted by Gasteiger charge is -2.22. The highest BCUT2D eigenvalue weighted by Gasteiger charge is 2.13. The second kappa shape index (κ2) is 13.1. The summed E-state index contributed by atoms with van der Waals surface area (Å²) in [5.74, 6) is 1.49. The Morgan fingerprint density at radius 2 is 1.21 bits per heavy atom. The quantitative estimate of drug-likeness (QED) is 0.336. The summed E-state index contributed by atoms with van der Waals surface area (Å²) >= 11 is 0. The molecule has 1 fully saturated rings. The molecule has 3 aromatic rings. The lowest BCUT2D eigenvalue weighted by Crippen LogP contribution is -2.24. The minimum atomic E-state index is -0.271. The van der Waals surface area contributed by atoms with E-state index in [0.29, 0.717) is 24.7 Å². The molecule has 0 saturated heterocycles. The fraction of sp³-hybridized carbons (Fsp3) is 0.379. The summed E-state index contributed by atoms with van der Waals surface area (Å²) in [5, 5.41) is 3.59. The van der Waals surface area contributed by atoms with Crippen LogP contribution >= 0.6 is 0 Å². The van der Waals surface area contributed by atoms with E-state index in [1.807, 2.05) is 18.2 Å². The zero-order valence-corrected chi connectivity index (χ0v) is 18.9. The molecule has 1 aliphatic carbocycles. The summed E-state index contributed by atoms with van der Waals surface area (Å²) in [5.41, 5.74) is 2.87. The van der Waals surface area contributed by atoms with Crippen molar-refractivity contribution in [2.24, 2.45) is 5.92 Å². The molecule has 0 atom stereocenters. The van der Waals surface area contributed by atoms with Crippen LogP contribution < -0.4 is 14.8 Å². The molecule has 0 amide bonds. The molecular formula is C29H35F2NO2. The van der Waals surface area contributed by atoms with Crippen molar-refractivity contribution in [3.8, 4) is 11.5 Å². The molecular weight excluding hydrogens is 432 g/mol. The van der Waals surface area contributed by atoms with Crippen LogP contribution in [0, 0.1) is 17.6 Å². The van der Waals surface area contributed by atoms with Crippen LogP contribution in [0.1, 0.15) is 56.2 Å². The van der Waals surface area contributed by atoms with Gasteiger partial charge < -0.3 is 14.8 Å². The third-order valence-electron chi connectivity index (χ3n) is 6.11. The van der Waals surface area contributed by atoms with E-state index in [0.717, 1.165) is 35.7 Å². The Labute approximate surface area is 202 Å². The van der Waals surface area contributed by atoms with E-state index in [2.05, 4.69) is 5.32 Å². The molecule has 1 saturated carbocycles. The average Bonchev–Trinajstić information content (AvgIpc) is 2.85. The Hall–Kier alpha value is -2.92. The van der Waals surface area contributed by atoms with Crippen molar-refractivity contribution in [1.29, 1.82) is 0 Å². The smallest absolute Gasteiger partial charge is 0.162 e. The van der Waals surface area contributed by atoms with Crippen LogP contribution in [-0.2, 0) is 19.8 Å². The monoisotopic (exact) mass is 467 g/mol. The molecule has 1 aliphatic rings. The van der Waals surface area contributed by atoms with E-state index in [-0.39, 0.29) is 19.1 Å². The fourth-order valence-electron chi connectivity index (χ4n) is 4.19. The highest BCUT2D eigenvalue weighted by Crippen LogP contribution is 2.30. The molecule has 0 spiro atoms. The maximum Gasteiger partial charge on any atom is 0.162 e. The molecule has 5 heteroatoms. The van der Waals surface area contributed by atoms with Crippen LogP contribution in [0.2, 0.25) is 0 Å². The van der Waals surface area contributed by atoms with Crippen LogP contribution in [0.3, 0.4) is 0 Å². The van der Waals surface area contributed by atoms with Gasteiger partial charge in [0.25, 0.3) is 0 Å². The Kier molecular flexibility index (Phi) is 9.89. The van der Waals surface area contributed by atoms with Crippen molar-refractivity contribution in [1.82, 2.24) is 5.32 Å². The molecule has 4 rings (SSSR count). The van der Waals surface area contributed by atoms with Gasteiger partial charge in [0.15, 0.2) is 11.5 Å². The lowest BCUT2D eigenvalue weighted by atomic mass is 9.89. The number of nitrogens with one attached hydrogen (secondary N) is 1. The third-order valence-corrected chi connectivity index (χ3v) is 6.11. The summed E-state index contributed by atoms with van der Waals surface area (Å²) in [4.78, 5) is 0. The van der Waals surface area contributed by atoms with Gasteiger partial charge in [0.1, 0.15) is 24.8 Å². The van der Waals surface area contributed by atoms with E-state index in [1.165, 1.54) is 56.4 Å². The van der Waals surface area contributed by atoms with Crippen LogP contribution in [-0.4, -0.2) is 6.54 Å².